The summed E-state index contributed by atoms with van der Waals surface area (Å²) in [6, 6.07) is 8.60. The lowest BCUT2D eigenvalue weighted by Gasteiger charge is -2.28. The molecule has 2 unspecified atom stereocenters. The lowest BCUT2D eigenvalue weighted by molar-refractivity contribution is -0.122. The average molecular weight is 444 g/mol. The summed E-state index contributed by atoms with van der Waals surface area (Å²) < 4.78 is 0. The minimum absolute atomic E-state index is 0. The Balaban J connectivity index is 0.00000210. The second kappa shape index (κ2) is 14.2. The van der Waals surface area contributed by atoms with E-state index in [1.54, 1.807) is 0 Å². The Labute approximate surface area is 189 Å². The van der Waals surface area contributed by atoms with Gasteiger partial charge in [-0.15, -0.1) is 24.8 Å². The molecule has 0 spiro atoms. The number of hydrogen-bond donors (Lipinski definition) is 2. The van der Waals surface area contributed by atoms with Crippen molar-refractivity contribution >= 4 is 30.7 Å². The molecular weight excluding hydrogens is 405 g/mol. The van der Waals surface area contributed by atoms with Crippen LogP contribution in [0.1, 0.15) is 63.0 Å². The number of carbonyl (C=O) groups excluding carboxylic acids is 1. The van der Waals surface area contributed by atoms with E-state index < -0.39 is 0 Å². The van der Waals surface area contributed by atoms with Crippen LogP contribution in [0, 0.1) is 11.8 Å². The summed E-state index contributed by atoms with van der Waals surface area (Å²) >= 11 is 0. The van der Waals surface area contributed by atoms with Gasteiger partial charge in [0.2, 0.25) is 5.91 Å². The van der Waals surface area contributed by atoms with Crippen molar-refractivity contribution in [1.29, 1.82) is 0 Å². The zero-order valence-electron chi connectivity index (χ0n) is 17.8. The summed E-state index contributed by atoms with van der Waals surface area (Å²) in [5.74, 6) is 1.28. The Morgan fingerprint density at radius 1 is 1.10 bits per heavy atom. The molecule has 2 heterocycles. The summed E-state index contributed by atoms with van der Waals surface area (Å²) in [4.78, 5) is 15.0. The minimum atomic E-state index is 0. The van der Waals surface area contributed by atoms with Gasteiger partial charge >= 0.3 is 0 Å². The fourth-order valence-electron chi connectivity index (χ4n) is 4.51. The molecule has 0 aliphatic carbocycles. The van der Waals surface area contributed by atoms with Gasteiger partial charge < -0.3 is 10.6 Å². The summed E-state index contributed by atoms with van der Waals surface area (Å²) in [7, 11) is 0. The monoisotopic (exact) mass is 443 g/mol. The van der Waals surface area contributed by atoms with Crippen molar-refractivity contribution in [2.45, 2.75) is 65.0 Å². The van der Waals surface area contributed by atoms with Crippen molar-refractivity contribution in [1.82, 2.24) is 15.5 Å². The molecule has 2 aliphatic heterocycles. The maximum atomic E-state index is 12.5. The van der Waals surface area contributed by atoms with Crippen LogP contribution < -0.4 is 10.6 Å². The predicted octanol–water partition coefficient (Wildman–Crippen LogP) is 4.55. The van der Waals surface area contributed by atoms with E-state index >= 15 is 0 Å². The van der Waals surface area contributed by atoms with Crippen molar-refractivity contribution in [2.75, 3.05) is 26.2 Å². The smallest absolute Gasteiger partial charge is 0.220 e. The standard InChI is InChI=1S/C23H37N3O.2ClH/c1-19(20-11-8-12-24-16-20)15-23(27)25-17-21-9-4-5-10-22(21)18-26-13-6-2-3-7-14-26;;/h4-5,9-10,19-20,24H,2-3,6-8,11-18H2,1H3,(H,25,27);2*1H. The molecule has 0 bridgehead atoms. The zero-order valence-corrected chi connectivity index (χ0v) is 19.5. The number of hydrogen-bond acceptors (Lipinski definition) is 3. The highest BCUT2D eigenvalue weighted by Gasteiger charge is 2.22. The van der Waals surface area contributed by atoms with E-state index in [9.17, 15) is 4.79 Å². The van der Waals surface area contributed by atoms with Crippen LogP contribution in [0.3, 0.4) is 0 Å². The van der Waals surface area contributed by atoms with Gasteiger partial charge in [0.25, 0.3) is 0 Å². The van der Waals surface area contributed by atoms with Crippen LogP contribution in [-0.2, 0) is 17.9 Å². The van der Waals surface area contributed by atoms with Gasteiger partial charge in [0.15, 0.2) is 0 Å². The molecule has 3 rings (SSSR count). The van der Waals surface area contributed by atoms with Gasteiger partial charge in [0.1, 0.15) is 0 Å². The number of halogens is 2. The summed E-state index contributed by atoms with van der Waals surface area (Å²) in [5.41, 5.74) is 2.63. The molecule has 2 atom stereocenters. The van der Waals surface area contributed by atoms with Gasteiger partial charge in [0.05, 0.1) is 0 Å². The SMILES string of the molecule is CC(CC(=O)NCc1ccccc1CN1CCCCCC1)C1CCCNC1.Cl.Cl. The van der Waals surface area contributed by atoms with Crippen molar-refractivity contribution < 1.29 is 4.79 Å². The number of nitrogens with zero attached hydrogens (tertiary/aromatic N) is 1. The number of likely N-dealkylation sites (tertiary alicyclic amines) is 1. The molecule has 166 valence electrons. The van der Waals surface area contributed by atoms with Gasteiger partial charge in [-0.3, -0.25) is 9.69 Å². The fourth-order valence-corrected chi connectivity index (χ4v) is 4.51. The third-order valence-corrected chi connectivity index (χ3v) is 6.33. The second-order valence-electron chi connectivity index (χ2n) is 8.52. The molecule has 6 heteroatoms. The first-order valence-electron chi connectivity index (χ1n) is 11.0. The maximum absolute atomic E-state index is 12.5. The van der Waals surface area contributed by atoms with Crippen LogP contribution in [0.5, 0.6) is 0 Å². The third kappa shape index (κ3) is 8.84. The van der Waals surface area contributed by atoms with Crippen LogP contribution >= 0.6 is 24.8 Å². The molecular formula is C23H39Cl2N3O. The lowest BCUT2D eigenvalue weighted by atomic mass is 9.85. The fraction of sp³-hybridized carbons (Fsp3) is 0.696. The van der Waals surface area contributed by atoms with E-state index in [-0.39, 0.29) is 30.7 Å². The number of piperidine rings is 1. The van der Waals surface area contributed by atoms with Gasteiger partial charge in [-0.05, 0) is 74.8 Å². The predicted molar refractivity (Wildman–Crippen MR) is 126 cm³/mol. The lowest BCUT2D eigenvalue weighted by Crippen LogP contribution is -2.35. The van der Waals surface area contributed by atoms with E-state index in [1.807, 2.05) is 0 Å². The van der Waals surface area contributed by atoms with Crippen molar-refractivity contribution in [3.63, 3.8) is 0 Å². The number of carbonyl (C=O) groups is 1. The van der Waals surface area contributed by atoms with E-state index in [4.69, 9.17) is 0 Å². The Kier molecular flexibility index (Phi) is 12.9. The third-order valence-electron chi connectivity index (χ3n) is 6.33. The van der Waals surface area contributed by atoms with Crippen LogP contribution in [0.15, 0.2) is 24.3 Å². The summed E-state index contributed by atoms with van der Waals surface area (Å²) in [5, 5.41) is 6.64. The molecule has 4 nitrogen and oxygen atoms in total. The molecule has 0 saturated carbocycles. The molecule has 1 amide bonds. The van der Waals surface area contributed by atoms with Crippen LogP contribution in [0.2, 0.25) is 0 Å². The van der Waals surface area contributed by atoms with E-state index in [0.29, 0.717) is 24.8 Å². The minimum Gasteiger partial charge on any atom is -0.352 e. The molecule has 0 radical (unpaired) electrons. The molecule has 0 aromatic heterocycles. The first-order valence-corrected chi connectivity index (χ1v) is 11.0. The number of rotatable bonds is 7. The topological polar surface area (TPSA) is 44.4 Å². The van der Waals surface area contributed by atoms with Gasteiger partial charge in [-0.25, -0.2) is 0 Å². The van der Waals surface area contributed by atoms with Gasteiger partial charge in [-0.1, -0.05) is 44.0 Å². The molecule has 2 fully saturated rings. The van der Waals surface area contributed by atoms with E-state index in [0.717, 1.165) is 19.6 Å². The second-order valence-corrected chi connectivity index (χ2v) is 8.52. The molecule has 1 aromatic rings. The highest BCUT2D eigenvalue weighted by Crippen LogP contribution is 2.22. The largest absolute Gasteiger partial charge is 0.352 e. The number of nitrogens with one attached hydrogen (secondary N) is 2. The number of amides is 1. The maximum Gasteiger partial charge on any atom is 0.220 e. The Morgan fingerprint density at radius 2 is 1.79 bits per heavy atom. The normalized spacial score (nSPS) is 21.2. The Bertz CT molecular complexity index is 585. The quantitative estimate of drug-likeness (QED) is 0.649. The zero-order chi connectivity index (χ0) is 18.9. The summed E-state index contributed by atoms with van der Waals surface area (Å²) in [6.07, 6.45) is 8.48. The van der Waals surface area contributed by atoms with Crippen LogP contribution in [0.25, 0.3) is 0 Å². The molecule has 1 aromatic carbocycles. The molecule has 2 N–H and O–H groups in total. The van der Waals surface area contributed by atoms with Crippen molar-refractivity contribution in [3.05, 3.63) is 35.4 Å². The Morgan fingerprint density at radius 3 is 2.45 bits per heavy atom. The first kappa shape index (κ1) is 26.2. The summed E-state index contributed by atoms with van der Waals surface area (Å²) in [6.45, 7) is 8.48. The van der Waals surface area contributed by atoms with Gasteiger partial charge in [-0.2, -0.15) is 0 Å². The number of benzene rings is 1. The van der Waals surface area contributed by atoms with Crippen LogP contribution in [0.4, 0.5) is 0 Å². The van der Waals surface area contributed by atoms with E-state index in [2.05, 4.69) is 46.7 Å². The molecule has 2 saturated heterocycles. The van der Waals surface area contributed by atoms with Gasteiger partial charge in [0, 0.05) is 19.5 Å². The highest BCUT2D eigenvalue weighted by atomic mass is 35.5. The first-order chi connectivity index (χ1) is 13.2. The molecule has 2 aliphatic rings. The average Bonchev–Trinajstić information content (AvgIpc) is 2.97. The van der Waals surface area contributed by atoms with E-state index in [1.165, 1.54) is 62.7 Å². The highest BCUT2D eigenvalue weighted by molar-refractivity contribution is 5.85. The van der Waals surface area contributed by atoms with Crippen molar-refractivity contribution in [2.24, 2.45) is 11.8 Å². The van der Waals surface area contributed by atoms with Crippen molar-refractivity contribution in [3.8, 4) is 0 Å². The Hall–Kier alpha value is -0.810. The molecule has 29 heavy (non-hydrogen) atoms. The van der Waals surface area contributed by atoms with Crippen LogP contribution in [-0.4, -0.2) is 37.0 Å².